The molecule has 1 amide bonds. The van der Waals surface area contributed by atoms with Gasteiger partial charge in [-0.1, -0.05) is 18.2 Å². The molecule has 1 aromatic carbocycles. The van der Waals surface area contributed by atoms with Crippen LogP contribution in [0.15, 0.2) is 18.2 Å². The van der Waals surface area contributed by atoms with Gasteiger partial charge in [0.25, 0.3) is 0 Å². The van der Waals surface area contributed by atoms with E-state index in [-0.39, 0.29) is 5.91 Å². The second-order valence-electron chi connectivity index (χ2n) is 5.21. The quantitative estimate of drug-likeness (QED) is 0.831. The van der Waals surface area contributed by atoms with E-state index in [4.69, 9.17) is 5.73 Å². The molecule has 1 atom stereocenters. The topological polar surface area (TPSA) is 55.1 Å². The van der Waals surface area contributed by atoms with Gasteiger partial charge in [-0.3, -0.25) is 10.1 Å². The van der Waals surface area contributed by atoms with Crippen molar-refractivity contribution >= 4 is 5.91 Å². The van der Waals surface area contributed by atoms with Gasteiger partial charge in [-0.25, -0.2) is 0 Å². The van der Waals surface area contributed by atoms with Crippen LogP contribution in [-0.2, 0) is 10.3 Å². The Morgan fingerprint density at radius 2 is 2.00 bits per heavy atom. The third-order valence-electron chi connectivity index (χ3n) is 3.65. The van der Waals surface area contributed by atoms with Crippen LogP contribution in [0.3, 0.4) is 0 Å². The van der Waals surface area contributed by atoms with E-state index in [0.29, 0.717) is 6.04 Å². The van der Waals surface area contributed by atoms with E-state index in [1.807, 2.05) is 19.1 Å². The molecule has 3 heteroatoms. The zero-order chi connectivity index (χ0) is 12.6. The number of carbonyl (C=O) groups excluding carboxylic acids is 1. The van der Waals surface area contributed by atoms with Crippen molar-refractivity contribution in [3.63, 3.8) is 0 Å². The highest BCUT2D eigenvalue weighted by atomic mass is 16.1. The number of aryl methyl sites for hydroxylation is 2. The molecule has 2 rings (SSSR count). The summed E-state index contributed by atoms with van der Waals surface area (Å²) in [6.07, 6.45) is 2.27. The zero-order valence-electron chi connectivity index (χ0n) is 10.7. The van der Waals surface area contributed by atoms with Gasteiger partial charge in [0.05, 0.1) is 0 Å². The summed E-state index contributed by atoms with van der Waals surface area (Å²) in [5.41, 5.74) is 8.19. The average molecular weight is 232 g/mol. The Bertz CT molecular complexity index is 452. The van der Waals surface area contributed by atoms with Crippen LogP contribution < -0.4 is 11.1 Å². The lowest BCUT2D eigenvalue weighted by molar-refractivity contribution is -0.124. The lowest BCUT2D eigenvalue weighted by atomic mass is 9.89. The van der Waals surface area contributed by atoms with Crippen LogP contribution in [-0.4, -0.2) is 11.9 Å². The zero-order valence-corrected chi connectivity index (χ0v) is 10.7. The van der Waals surface area contributed by atoms with Crippen molar-refractivity contribution in [2.24, 2.45) is 5.73 Å². The molecular weight excluding hydrogens is 212 g/mol. The molecule has 3 N–H and O–H groups in total. The largest absolute Gasteiger partial charge is 0.368 e. The van der Waals surface area contributed by atoms with Gasteiger partial charge in [-0.05, 0) is 50.3 Å². The van der Waals surface area contributed by atoms with E-state index in [9.17, 15) is 4.79 Å². The molecule has 1 unspecified atom stereocenters. The summed E-state index contributed by atoms with van der Waals surface area (Å²) < 4.78 is 0. The number of primary amides is 1. The molecule has 0 saturated heterocycles. The highest BCUT2D eigenvalue weighted by Crippen LogP contribution is 2.29. The van der Waals surface area contributed by atoms with Crippen LogP contribution in [0.2, 0.25) is 0 Å². The van der Waals surface area contributed by atoms with Crippen molar-refractivity contribution in [2.45, 2.75) is 45.2 Å². The maximum atomic E-state index is 11.7. The van der Waals surface area contributed by atoms with Gasteiger partial charge >= 0.3 is 0 Å². The van der Waals surface area contributed by atoms with Gasteiger partial charge in [0.2, 0.25) is 5.91 Å². The van der Waals surface area contributed by atoms with Crippen LogP contribution in [0.5, 0.6) is 0 Å². The molecule has 3 nitrogen and oxygen atoms in total. The number of rotatable bonds is 4. The van der Waals surface area contributed by atoms with Gasteiger partial charge in [0.15, 0.2) is 0 Å². The van der Waals surface area contributed by atoms with E-state index in [2.05, 4.69) is 25.2 Å². The fraction of sp³-hybridized carbons (Fsp3) is 0.500. The molecule has 0 aliphatic heterocycles. The Morgan fingerprint density at radius 1 is 1.35 bits per heavy atom. The molecule has 0 aromatic heterocycles. The standard InChI is InChI=1S/C14H20N2O/c1-9-4-5-11(8-10(9)2)14(3,13(15)17)16-12-6-7-12/h4-5,8,12,16H,6-7H2,1-3H3,(H2,15,17). The predicted molar refractivity (Wildman–Crippen MR) is 68.6 cm³/mol. The maximum absolute atomic E-state index is 11.7. The van der Waals surface area contributed by atoms with Gasteiger partial charge in [0, 0.05) is 6.04 Å². The van der Waals surface area contributed by atoms with Crippen molar-refractivity contribution in [2.75, 3.05) is 0 Å². The second kappa shape index (κ2) is 4.15. The van der Waals surface area contributed by atoms with E-state index in [1.54, 1.807) is 0 Å². The first kappa shape index (κ1) is 12.1. The first-order valence-electron chi connectivity index (χ1n) is 6.09. The molecule has 1 aromatic rings. The van der Waals surface area contributed by atoms with Crippen LogP contribution in [0.1, 0.15) is 36.5 Å². The smallest absolute Gasteiger partial charge is 0.242 e. The number of benzene rings is 1. The molecule has 0 spiro atoms. The van der Waals surface area contributed by atoms with Gasteiger partial charge < -0.3 is 5.73 Å². The third kappa shape index (κ3) is 2.34. The van der Waals surface area contributed by atoms with E-state index < -0.39 is 5.54 Å². The molecule has 17 heavy (non-hydrogen) atoms. The minimum Gasteiger partial charge on any atom is -0.368 e. The normalized spacial score (nSPS) is 18.8. The Morgan fingerprint density at radius 3 is 2.47 bits per heavy atom. The monoisotopic (exact) mass is 232 g/mol. The molecule has 1 aliphatic carbocycles. The summed E-state index contributed by atoms with van der Waals surface area (Å²) in [5, 5.41) is 3.36. The predicted octanol–water partition coefficient (Wildman–Crippen LogP) is 1.76. The molecular formula is C14H20N2O. The Balaban J connectivity index is 2.36. The van der Waals surface area contributed by atoms with E-state index >= 15 is 0 Å². The summed E-state index contributed by atoms with van der Waals surface area (Å²) in [7, 11) is 0. The number of hydrogen-bond acceptors (Lipinski definition) is 2. The minimum atomic E-state index is -0.750. The SMILES string of the molecule is Cc1ccc(C(C)(NC2CC2)C(N)=O)cc1C. The lowest BCUT2D eigenvalue weighted by Crippen LogP contribution is -2.51. The van der Waals surface area contributed by atoms with Crippen molar-refractivity contribution in [1.29, 1.82) is 0 Å². The molecule has 0 bridgehead atoms. The van der Waals surface area contributed by atoms with Gasteiger partial charge in [-0.15, -0.1) is 0 Å². The van der Waals surface area contributed by atoms with Crippen LogP contribution in [0, 0.1) is 13.8 Å². The van der Waals surface area contributed by atoms with E-state index in [0.717, 1.165) is 18.4 Å². The summed E-state index contributed by atoms with van der Waals surface area (Å²) in [4.78, 5) is 11.7. The Labute approximate surface area is 102 Å². The highest BCUT2D eigenvalue weighted by Gasteiger charge is 2.38. The van der Waals surface area contributed by atoms with Crippen molar-refractivity contribution in [3.8, 4) is 0 Å². The highest BCUT2D eigenvalue weighted by molar-refractivity contribution is 5.85. The first-order chi connectivity index (χ1) is 7.93. The molecule has 0 heterocycles. The van der Waals surface area contributed by atoms with Crippen molar-refractivity contribution in [1.82, 2.24) is 5.32 Å². The molecule has 92 valence electrons. The van der Waals surface area contributed by atoms with Gasteiger partial charge in [-0.2, -0.15) is 0 Å². The molecule has 1 aliphatic rings. The molecule has 1 saturated carbocycles. The number of nitrogens with two attached hydrogens (primary N) is 1. The number of hydrogen-bond donors (Lipinski definition) is 2. The summed E-state index contributed by atoms with van der Waals surface area (Å²) in [5.74, 6) is -0.312. The van der Waals surface area contributed by atoms with E-state index in [1.165, 1.54) is 11.1 Å². The lowest BCUT2D eigenvalue weighted by Gasteiger charge is -2.28. The van der Waals surface area contributed by atoms with Crippen molar-refractivity contribution < 1.29 is 4.79 Å². The van der Waals surface area contributed by atoms with Gasteiger partial charge in [0.1, 0.15) is 5.54 Å². The summed E-state index contributed by atoms with van der Waals surface area (Å²) in [6.45, 7) is 5.99. The molecule has 1 fully saturated rings. The van der Waals surface area contributed by atoms with Crippen molar-refractivity contribution in [3.05, 3.63) is 34.9 Å². The third-order valence-corrected chi connectivity index (χ3v) is 3.65. The number of amides is 1. The second-order valence-corrected chi connectivity index (χ2v) is 5.21. The summed E-state index contributed by atoms with van der Waals surface area (Å²) in [6, 6.07) is 6.52. The Hall–Kier alpha value is -1.35. The Kier molecular flexibility index (Phi) is 2.96. The maximum Gasteiger partial charge on any atom is 0.242 e. The van der Waals surface area contributed by atoms with Crippen LogP contribution in [0.4, 0.5) is 0 Å². The number of carbonyl (C=O) groups is 1. The molecule has 0 radical (unpaired) electrons. The number of nitrogens with one attached hydrogen (secondary N) is 1. The fourth-order valence-electron chi connectivity index (χ4n) is 1.99. The van der Waals surface area contributed by atoms with Crippen LogP contribution in [0.25, 0.3) is 0 Å². The average Bonchev–Trinajstić information content (AvgIpc) is 3.05. The van der Waals surface area contributed by atoms with Crippen LogP contribution >= 0.6 is 0 Å². The minimum absolute atomic E-state index is 0.312. The first-order valence-corrected chi connectivity index (χ1v) is 6.09. The fourth-order valence-corrected chi connectivity index (χ4v) is 1.99. The summed E-state index contributed by atoms with van der Waals surface area (Å²) >= 11 is 0.